The maximum atomic E-state index is 13.9. The fourth-order valence-corrected chi connectivity index (χ4v) is 1.64. The van der Waals surface area contributed by atoms with Crippen molar-refractivity contribution >= 4 is 0 Å². The molecule has 5 nitrogen and oxygen atoms in total. The lowest BCUT2D eigenvalue weighted by Crippen LogP contribution is -2.13. The van der Waals surface area contributed by atoms with E-state index < -0.39 is 0 Å². The number of hydrogen-bond donors (Lipinski definition) is 1. The van der Waals surface area contributed by atoms with E-state index in [1.807, 2.05) is 6.92 Å². The van der Waals surface area contributed by atoms with Crippen molar-refractivity contribution < 1.29 is 13.8 Å². The Kier molecular flexibility index (Phi) is 4.11. The van der Waals surface area contributed by atoms with Crippen molar-refractivity contribution in [1.29, 1.82) is 0 Å². The molecular formula is C13H16FN3O2. The quantitative estimate of drug-likeness (QED) is 0.899. The average Bonchev–Trinajstić information content (AvgIpc) is 2.81. The second-order valence-corrected chi connectivity index (χ2v) is 4.28. The van der Waals surface area contributed by atoms with Crippen LogP contribution in [0.5, 0.6) is 5.75 Å². The molecule has 1 N–H and O–H groups in total. The number of nitrogens with zero attached hydrogens (tertiary/aromatic N) is 2. The van der Waals surface area contributed by atoms with Crippen molar-refractivity contribution in [3.05, 3.63) is 41.0 Å². The predicted octanol–water partition coefficient (Wildman–Crippen LogP) is 2.38. The van der Waals surface area contributed by atoms with Gasteiger partial charge in [0.2, 0.25) is 0 Å². The highest BCUT2D eigenvalue weighted by atomic mass is 19.1. The number of rotatable bonds is 5. The van der Waals surface area contributed by atoms with Crippen molar-refractivity contribution in [3.8, 4) is 5.75 Å². The van der Waals surface area contributed by atoms with Gasteiger partial charge in [-0.3, -0.25) is 0 Å². The van der Waals surface area contributed by atoms with E-state index in [0.29, 0.717) is 22.7 Å². The summed E-state index contributed by atoms with van der Waals surface area (Å²) in [6.07, 6.45) is 0. The Balaban J connectivity index is 2.06. The lowest BCUT2D eigenvalue weighted by atomic mass is 10.1. The molecule has 1 unspecified atom stereocenters. The minimum Gasteiger partial charge on any atom is -0.487 e. The van der Waals surface area contributed by atoms with E-state index in [2.05, 4.69) is 20.3 Å². The van der Waals surface area contributed by atoms with Gasteiger partial charge in [0.1, 0.15) is 29.6 Å². The Morgan fingerprint density at radius 2 is 2.21 bits per heavy atom. The van der Waals surface area contributed by atoms with Crippen molar-refractivity contribution in [2.24, 2.45) is 0 Å². The molecule has 0 amide bonds. The van der Waals surface area contributed by atoms with Gasteiger partial charge in [-0.2, -0.15) is 0 Å². The Labute approximate surface area is 110 Å². The molecule has 0 spiro atoms. The molecule has 0 aliphatic carbocycles. The standard InChI is InChI=1S/C13H16FN3O2/c1-8(15-3)11-5-4-10(6-12(11)14)18-7-13-9(2)16-19-17-13/h4-6,8,15H,7H2,1-3H3. The largest absolute Gasteiger partial charge is 0.487 e. The fourth-order valence-electron chi connectivity index (χ4n) is 1.64. The summed E-state index contributed by atoms with van der Waals surface area (Å²) in [5, 5.41) is 10.3. The van der Waals surface area contributed by atoms with Crippen molar-refractivity contribution in [3.63, 3.8) is 0 Å². The second kappa shape index (κ2) is 5.79. The number of hydrogen-bond acceptors (Lipinski definition) is 5. The van der Waals surface area contributed by atoms with Gasteiger partial charge < -0.3 is 10.1 Å². The van der Waals surface area contributed by atoms with Crippen LogP contribution >= 0.6 is 0 Å². The monoisotopic (exact) mass is 265 g/mol. The van der Waals surface area contributed by atoms with Crippen LogP contribution in [0, 0.1) is 12.7 Å². The van der Waals surface area contributed by atoms with Crippen LogP contribution < -0.4 is 10.1 Å². The maximum Gasteiger partial charge on any atom is 0.145 e. The minimum atomic E-state index is -0.297. The normalized spacial score (nSPS) is 12.4. The van der Waals surface area contributed by atoms with Crippen LogP contribution in [0.15, 0.2) is 22.8 Å². The first kappa shape index (κ1) is 13.5. The maximum absolute atomic E-state index is 13.9. The zero-order valence-corrected chi connectivity index (χ0v) is 11.1. The first-order valence-electron chi connectivity index (χ1n) is 5.99. The van der Waals surface area contributed by atoms with E-state index in [9.17, 15) is 4.39 Å². The van der Waals surface area contributed by atoms with E-state index in [4.69, 9.17) is 4.74 Å². The molecule has 1 aromatic heterocycles. The summed E-state index contributed by atoms with van der Waals surface area (Å²) in [5.74, 6) is 0.154. The van der Waals surface area contributed by atoms with E-state index in [1.54, 1.807) is 26.1 Å². The third kappa shape index (κ3) is 3.08. The van der Waals surface area contributed by atoms with Gasteiger partial charge in [-0.1, -0.05) is 16.4 Å². The number of aromatic nitrogens is 2. The molecule has 0 bridgehead atoms. The lowest BCUT2D eigenvalue weighted by Gasteiger charge is -2.12. The topological polar surface area (TPSA) is 60.2 Å². The molecule has 0 saturated heterocycles. The molecule has 102 valence electrons. The van der Waals surface area contributed by atoms with E-state index in [1.165, 1.54) is 6.07 Å². The Hall–Kier alpha value is -1.95. The predicted molar refractivity (Wildman–Crippen MR) is 67.2 cm³/mol. The molecule has 0 saturated carbocycles. The number of halogens is 1. The summed E-state index contributed by atoms with van der Waals surface area (Å²) in [4.78, 5) is 0. The van der Waals surface area contributed by atoms with Gasteiger partial charge in [-0.15, -0.1) is 0 Å². The number of aryl methyl sites for hydroxylation is 1. The third-order valence-electron chi connectivity index (χ3n) is 2.99. The number of ether oxygens (including phenoxy) is 1. The van der Waals surface area contributed by atoms with Gasteiger partial charge in [0.25, 0.3) is 0 Å². The summed E-state index contributed by atoms with van der Waals surface area (Å²) in [6.45, 7) is 3.87. The molecule has 1 heterocycles. The summed E-state index contributed by atoms with van der Waals surface area (Å²) >= 11 is 0. The summed E-state index contributed by atoms with van der Waals surface area (Å²) < 4.78 is 23.9. The highest BCUT2D eigenvalue weighted by Crippen LogP contribution is 2.22. The summed E-state index contributed by atoms with van der Waals surface area (Å²) in [6, 6.07) is 4.76. The Bertz CT molecular complexity index is 557. The highest BCUT2D eigenvalue weighted by molar-refractivity contribution is 5.30. The fraction of sp³-hybridized carbons (Fsp3) is 0.385. The molecule has 19 heavy (non-hydrogen) atoms. The van der Waals surface area contributed by atoms with Gasteiger partial charge in [0, 0.05) is 17.7 Å². The zero-order chi connectivity index (χ0) is 13.8. The van der Waals surface area contributed by atoms with Crippen LogP contribution in [-0.2, 0) is 6.61 Å². The molecule has 2 aromatic rings. The molecule has 0 aliphatic rings. The summed E-state index contributed by atoms with van der Waals surface area (Å²) in [5.41, 5.74) is 1.88. The van der Waals surface area contributed by atoms with Gasteiger partial charge >= 0.3 is 0 Å². The van der Waals surface area contributed by atoms with Crippen LogP contribution in [0.4, 0.5) is 4.39 Å². The molecule has 0 fully saturated rings. The molecule has 1 aromatic carbocycles. The van der Waals surface area contributed by atoms with Gasteiger partial charge in [0.05, 0.1) is 0 Å². The van der Waals surface area contributed by atoms with Crippen molar-refractivity contribution in [2.45, 2.75) is 26.5 Å². The molecule has 2 rings (SSSR count). The molecule has 6 heteroatoms. The van der Waals surface area contributed by atoms with E-state index >= 15 is 0 Å². The van der Waals surface area contributed by atoms with Crippen LogP contribution in [0.1, 0.15) is 29.9 Å². The Morgan fingerprint density at radius 3 is 2.79 bits per heavy atom. The van der Waals surface area contributed by atoms with Gasteiger partial charge in [-0.25, -0.2) is 9.02 Å². The second-order valence-electron chi connectivity index (χ2n) is 4.28. The van der Waals surface area contributed by atoms with Crippen LogP contribution in [0.2, 0.25) is 0 Å². The number of benzene rings is 1. The zero-order valence-electron chi connectivity index (χ0n) is 11.1. The number of nitrogens with one attached hydrogen (secondary N) is 1. The summed E-state index contributed by atoms with van der Waals surface area (Å²) in [7, 11) is 1.79. The van der Waals surface area contributed by atoms with Gasteiger partial charge in [-0.05, 0) is 27.0 Å². The molecule has 0 aliphatic heterocycles. The SMILES string of the molecule is CNC(C)c1ccc(OCc2nonc2C)cc1F. The van der Waals surface area contributed by atoms with Crippen LogP contribution in [-0.4, -0.2) is 17.4 Å². The average molecular weight is 265 g/mol. The van der Waals surface area contributed by atoms with Crippen LogP contribution in [0.3, 0.4) is 0 Å². The van der Waals surface area contributed by atoms with Crippen molar-refractivity contribution in [2.75, 3.05) is 7.05 Å². The van der Waals surface area contributed by atoms with Crippen molar-refractivity contribution in [1.82, 2.24) is 15.6 Å². The van der Waals surface area contributed by atoms with Crippen LogP contribution in [0.25, 0.3) is 0 Å². The minimum absolute atomic E-state index is 0.0453. The first-order valence-corrected chi connectivity index (χ1v) is 5.99. The van der Waals surface area contributed by atoms with E-state index in [0.717, 1.165) is 0 Å². The Morgan fingerprint density at radius 1 is 1.42 bits per heavy atom. The molecular weight excluding hydrogens is 249 g/mol. The smallest absolute Gasteiger partial charge is 0.145 e. The first-order chi connectivity index (χ1) is 9.11. The molecule has 1 atom stereocenters. The molecule has 0 radical (unpaired) electrons. The third-order valence-corrected chi connectivity index (χ3v) is 2.99. The van der Waals surface area contributed by atoms with Gasteiger partial charge in [0.15, 0.2) is 0 Å². The van der Waals surface area contributed by atoms with E-state index in [-0.39, 0.29) is 18.5 Å². The highest BCUT2D eigenvalue weighted by Gasteiger charge is 2.11. The lowest BCUT2D eigenvalue weighted by molar-refractivity contribution is 0.269.